The Balaban J connectivity index is 2.45. The highest BCUT2D eigenvalue weighted by Crippen LogP contribution is 2.32. The maximum absolute atomic E-state index is 5.99. The Kier molecular flexibility index (Phi) is 3.32. The number of nitrogens with two attached hydrogens (primary N) is 1. The second kappa shape index (κ2) is 4.91. The maximum Gasteiger partial charge on any atom is 0.128 e. The van der Waals surface area contributed by atoms with Gasteiger partial charge in [-0.3, -0.25) is 4.68 Å². The zero-order valence-electron chi connectivity index (χ0n) is 10.2. The number of nitrogens with zero attached hydrogens (tertiary/aromatic N) is 2. The van der Waals surface area contributed by atoms with Crippen LogP contribution in [0.2, 0.25) is 0 Å². The smallest absolute Gasteiger partial charge is 0.128 e. The number of methoxy groups -OCH3 is 1. The lowest BCUT2D eigenvalue weighted by Crippen LogP contribution is -1.97. The highest BCUT2D eigenvalue weighted by molar-refractivity contribution is 5.76. The summed E-state index contributed by atoms with van der Waals surface area (Å²) in [6, 6.07) is 7.76. The fourth-order valence-corrected chi connectivity index (χ4v) is 1.83. The largest absolute Gasteiger partial charge is 0.496 e. The van der Waals surface area contributed by atoms with Gasteiger partial charge in [-0.1, -0.05) is 19.1 Å². The second-order valence-electron chi connectivity index (χ2n) is 3.90. The van der Waals surface area contributed by atoms with Gasteiger partial charge in [-0.2, -0.15) is 5.10 Å². The van der Waals surface area contributed by atoms with E-state index in [4.69, 9.17) is 10.5 Å². The molecule has 4 heteroatoms. The summed E-state index contributed by atoms with van der Waals surface area (Å²) in [5.41, 5.74) is 8.39. The van der Waals surface area contributed by atoms with E-state index in [-0.39, 0.29) is 0 Å². The van der Waals surface area contributed by atoms with E-state index in [1.807, 2.05) is 35.1 Å². The van der Waals surface area contributed by atoms with Crippen molar-refractivity contribution in [2.75, 3.05) is 12.8 Å². The van der Waals surface area contributed by atoms with Crippen molar-refractivity contribution < 1.29 is 4.74 Å². The quantitative estimate of drug-likeness (QED) is 0.879. The van der Waals surface area contributed by atoms with Gasteiger partial charge in [0.15, 0.2) is 0 Å². The predicted octanol–water partition coefficient (Wildman–Crippen LogP) is 2.55. The van der Waals surface area contributed by atoms with Crippen LogP contribution in [0.5, 0.6) is 5.75 Å². The van der Waals surface area contributed by atoms with E-state index < -0.39 is 0 Å². The van der Waals surface area contributed by atoms with Crippen LogP contribution in [0, 0.1) is 0 Å². The van der Waals surface area contributed by atoms with Gasteiger partial charge in [0.05, 0.1) is 12.8 Å². The standard InChI is InChI=1S/C13H17N3O/c1-3-8-16-9-11(14)13(15-16)10-6-4-5-7-12(10)17-2/h4-7,9H,3,8,14H2,1-2H3. The van der Waals surface area contributed by atoms with Crippen molar-refractivity contribution in [2.45, 2.75) is 19.9 Å². The summed E-state index contributed by atoms with van der Waals surface area (Å²) in [6.45, 7) is 2.99. The van der Waals surface area contributed by atoms with Gasteiger partial charge >= 0.3 is 0 Å². The first-order valence-electron chi connectivity index (χ1n) is 5.72. The SMILES string of the molecule is CCCn1cc(N)c(-c2ccccc2OC)n1. The van der Waals surface area contributed by atoms with Gasteiger partial charge < -0.3 is 10.5 Å². The topological polar surface area (TPSA) is 53.1 Å². The van der Waals surface area contributed by atoms with E-state index in [0.717, 1.165) is 30.0 Å². The van der Waals surface area contributed by atoms with Crippen molar-refractivity contribution in [1.29, 1.82) is 0 Å². The van der Waals surface area contributed by atoms with Crippen LogP contribution in [0.3, 0.4) is 0 Å². The van der Waals surface area contributed by atoms with Crippen LogP contribution in [0.25, 0.3) is 11.3 Å². The summed E-state index contributed by atoms with van der Waals surface area (Å²) < 4.78 is 7.19. The van der Waals surface area contributed by atoms with E-state index in [1.54, 1.807) is 7.11 Å². The molecule has 0 spiro atoms. The molecule has 1 aromatic heterocycles. The number of hydrogen-bond donors (Lipinski definition) is 1. The molecule has 0 aliphatic heterocycles. The molecule has 1 aromatic carbocycles. The lowest BCUT2D eigenvalue weighted by Gasteiger charge is -2.06. The Bertz CT molecular complexity index is 505. The van der Waals surface area contributed by atoms with Crippen molar-refractivity contribution >= 4 is 5.69 Å². The molecule has 0 saturated carbocycles. The minimum Gasteiger partial charge on any atom is -0.496 e. The van der Waals surface area contributed by atoms with Gasteiger partial charge in [0.1, 0.15) is 11.4 Å². The summed E-state index contributed by atoms with van der Waals surface area (Å²) in [5, 5.41) is 4.49. The molecule has 0 amide bonds. The molecule has 0 bridgehead atoms. The average molecular weight is 231 g/mol. The van der Waals surface area contributed by atoms with Crippen molar-refractivity contribution in [1.82, 2.24) is 9.78 Å². The molecule has 2 N–H and O–H groups in total. The van der Waals surface area contributed by atoms with Gasteiger partial charge in [0.25, 0.3) is 0 Å². The number of aryl methyl sites for hydroxylation is 1. The summed E-state index contributed by atoms with van der Waals surface area (Å²) >= 11 is 0. The molecular weight excluding hydrogens is 214 g/mol. The summed E-state index contributed by atoms with van der Waals surface area (Å²) in [7, 11) is 1.65. The summed E-state index contributed by atoms with van der Waals surface area (Å²) in [5.74, 6) is 0.793. The van der Waals surface area contributed by atoms with Crippen LogP contribution in [-0.4, -0.2) is 16.9 Å². The van der Waals surface area contributed by atoms with Gasteiger partial charge in [-0.15, -0.1) is 0 Å². The molecule has 0 radical (unpaired) electrons. The van der Waals surface area contributed by atoms with E-state index in [2.05, 4.69) is 12.0 Å². The number of hydrogen-bond acceptors (Lipinski definition) is 3. The molecular formula is C13H17N3O. The molecule has 0 saturated heterocycles. The van der Waals surface area contributed by atoms with Crippen molar-refractivity contribution in [2.24, 2.45) is 0 Å². The zero-order chi connectivity index (χ0) is 12.3. The molecule has 0 unspecified atom stereocenters. The van der Waals surface area contributed by atoms with Crippen LogP contribution in [0.4, 0.5) is 5.69 Å². The second-order valence-corrected chi connectivity index (χ2v) is 3.90. The number of rotatable bonds is 4. The van der Waals surface area contributed by atoms with Crippen molar-refractivity contribution in [3.8, 4) is 17.0 Å². The monoisotopic (exact) mass is 231 g/mol. The van der Waals surface area contributed by atoms with Crippen LogP contribution in [0.1, 0.15) is 13.3 Å². The Morgan fingerprint density at radius 2 is 2.12 bits per heavy atom. The minimum absolute atomic E-state index is 0.683. The van der Waals surface area contributed by atoms with E-state index in [1.165, 1.54) is 0 Å². The Labute approximate surface area is 101 Å². The minimum atomic E-state index is 0.683. The molecule has 0 atom stereocenters. The van der Waals surface area contributed by atoms with Gasteiger partial charge in [0, 0.05) is 18.3 Å². The van der Waals surface area contributed by atoms with E-state index in [9.17, 15) is 0 Å². The number of benzene rings is 1. The van der Waals surface area contributed by atoms with Crippen LogP contribution >= 0.6 is 0 Å². The van der Waals surface area contributed by atoms with Gasteiger partial charge in [0.2, 0.25) is 0 Å². The first-order valence-corrected chi connectivity index (χ1v) is 5.72. The fraction of sp³-hybridized carbons (Fsp3) is 0.308. The summed E-state index contributed by atoms with van der Waals surface area (Å²) in [4.78, 5) is 0. The molecule has 2 rings (SSSR count). The van der Waals surface area contributed by atoms with Crippen molar-refractivity contribution in [3.05, 3.63) is 30.5 Å². The summed E-state index contributed by atoms with van der Waals surface area (Å²) in [6.07, 6.45) is 2.90. The zero-order valence-corrected chi connectivity index (χ0v) is 10.2. The van der Waals surface area contributed by atoms with Crippen LogP contribution < -0.4 is 10.5 Å². The molecule has 90 valence electrons. The normalized spacial score (nSPS) is 10.5. The molecule has 1 heterocycles. The van der Waals surface area contributed by atoms with Crippen LogP contribution in [0.15, 0.2) is 30.5 Å². The van der Waals surface area contributed by atoms with Crippen LogP contribution in [-0.2, 0) is 6.54 Å². The fourth-order valence-electron chi connectivity index (χ4n) is 1.83. The third kappa shape index (κ3) is 2.25. The average Bonchev–Trinajstić information content (AvgIpc) is 2.70. The van der Waals surface area contributed by atoms with Gasteiger partial charge in [-0.05, 0) is 18.6 Å². The third-order valence-corrected chi connectivity index (χ3v) is 2.60. The number of anilines is 1. The Hall–Kier alpha value is -1.97. The van der Waals surface area contributed by atoms with Gasteiger partial charge in [-0.25, -0.2) is 0 Å². The highest BCUT2D eigenvalue weighted by Gasteiger charge is 2.12. The molecule has 0 aliphatic carbocycles. The Morgan fingerprint density at radius 3 is 2.82 bits per heavy atom. The first kappa shape index (κ1) is 11.5. The molecule has 4 nitrogen and oxygen atoms in total. The third-order valence-electron chi connectivity index (χ3n) is 2.60. The number of nitrogen functional groups attached to an aromatic ring is 1. The molecule has 2 aromatic rings. The van der Waals surface area contributed by atoms with Crippen molar-refractivity contribution in [3.63, 3.8) is 0 Å². The van der Waals surface area contributed by atoms with E-state index in [0.29, 0.717) is 5.69 Å². The number of aromatic nitrogens is 2. The molecule has 0 fully saturated rings. The number of para-hydroxylation sites is 1. The maximum atomic E-state index is 5.99. The number of ether oxygens (including phenoxy) is 1. The highest BCUT2D eigenvalue weighted by atomic mass is 16.5. The predicted molar refractivity (Wildman–Crippen MR) is 68.9 cm³/mol. The Morgan fingerprint density at radius 1 is 1.35 bits per heavy atom. The van der Waals surface area contributed by atoms with E-state index >= 15 is 0 Å². The first-order chi connectivity index (χ1) is 8.26. The molecule has 0 aliphatic rings. The molecule has 17 heavy (non-hydrogen) atoms. The lowest BCUT2D eigenvalue weighted by atomic mass is 10.1. The lowest BCUT2D eigenvalue weighted by molar-refractivity contribution is 0.416.